The molecule has 130 valence electrons. The van der Waals surface area contributed by atoms with Gasteiger partial charge < -0.3 is 0 Å². The fraction of sp³-hybridized carbons (Fsp3) is 0.200. The molecule has 0 bridgehead atoms. The summed E-state index contributed by atoms with van der Waals surface area (Å²) in [4.78, 5) is 24.2. The first-order valence-corrected chi connectivity index (χ1v) is 9.55. The first kappa shape index (κ1) is 18.8. The molecule has 0 heterocycles. The summed E-state index contributed by atoms with van der Waals surface area (Å²) in [7, 11) is -3.63. The summed E-state index contributed by atoms with van der Waals surface area (Å²) in [5, 5.41) is 0. The van der Waals surface area contributed by atoms with E-state index in [4.69, 9.17) is 0 Å². The van der Waals surface area contributed by atoms with Crippen molar-refractivity contribution in [3.8, 4) is 0 Å². The van der Waals surface area contributed by atoms with E-state index in [-0.39, 0.29) is 16.3 Å². The molecule has 0 aliphatic heterocycles. The van der Waals surface area contributed by atoms with Crippen molar-refractivity contribution in [1.82, 2.24) is 0 Å². The van der Waals surface area contributed by atoms with E-state index in [1.165, 1.54) is 24.3 Å². The molecule has 0 saturated heterocycles. The smallest absolute Gasteiger partial charge is 0.189 e. The third kappa shape index (κ3) is 4.51. The molecule has 0 aliphatic carbocycles. The van der Waals surface area contributed by atoms with Crippen molar-refractivity contribution in [2.75, 3.05) is 5.75 Å². The second-order valence-electron chi connectivity index (χ2n) is 5.86. The lowest BCUT2D eigenvalue weighted by molar-refractivity contribution is 0.0985. The average molecular weight is 356 g/mol. The van der Waals surface area contributed by atoms with Gasteiger partial charge in [-0.3, -0.25) is 9.59 Å². The Kier molecular flexibility index (Phi) is 5.69. The van der Waals surface area contributed by atoms with Crippen molar-refractivity contribution in [3.05, 3.63) is 77.4 Å². The molecule has 4 nitrogen and oxygen atoms in total. The zero-order valence-corrected chi connectivity index (χ0v) is 15.1. The minimum Gasteiger partial charge on any atom is -0.294 e. The molecule has 2 aromatic carbocycles. The number of ketones is 2. The number of benzene rings is 2. The third-order valence-corrected chi connectivity index (χ3v) is 5.57. The van der Waals surface area contributed by atoms with Crippen LogP contribution in [0.5, 0.6) is 0 Å². The first-order chi connectivity index (χ1) is 11.7. The monoisotopic (exact) mass is 356 g/mol. The molecule has 0 saturated carbocycles. The van der Waals surface area contributed by atoms with Crippen LogP contribution in [0.25, 0.3) is 0 Å². The second-order valence-corrected chi connectivity index (χ2v) is 7.85. The fourth-order valence-electron chi connectivity index (χ4n) is 2.34. The van der Waals surface area contributed by atoms with Crippen molar-refractivity contribution in [2.45, 2.75) is 25.2 Å². The molecule has 0 fully saturated rings. The number of rotatable bonds is 7. The van der Waals surface area contributed by atoms with Gasteiger partial charge in [0.25, 0.3) is 0 Å². The summed E-state index contributed by atoms with van der Waals surface area (Å²) in [6.07, 6.45) is 0.384. The summed E-state index contributed by atoms with van der Waals surface area (Å²) in [5.41, 5.74) is 1.79. The molecule has 0 spiro atoms. The Morgan fingerprint density at radius 1 is 0.920 bits per heavy atom. The Bertz CT molecular complexity index is 905. The standard InChI is InChI=1S/C20H20O4S/c1-4-19(21)16-7-9-17(10-8-16)20(22)15(3)13-25(23,24)18-11-5-14(2)6-12-18/h5-12H,3-4,13H2,1-2H3. The van der Waals surface area contributed by atoms with E-state index in [0.717, 1.165) is 5.56 Å². The van der Waals surface area contributed by atoms with Crippen LogP contribution >= 0.6 is 0 Å². The van der Waals surface area contributed by atoms with Gasteiger partial charge in [0.15, 0.2) is 21.4 Å². The number of carbonyl (C=O) groups is 2. The summed E-state index contributed by atoms with van der Waals surface area (Å²) < 4.78 is 24.8. The zero-order valence-electron chi connectivity index (χ0n) is 14.3. The molecule has 2 rings (SSSR count). The quantitative estimate of drug-likeness (QED) is 0.559. The Hall–Kier alpha value is -2.53. The van der Waals surface area contributed by atoms with Crippen molar-refractivity contribution < 1.29 is 18.0 Å². The van der Waals surface area contributed by atoms with Crippen molar-refractivity contribution in [2.24, 2.45) is 0 Å². The molecule has 0 aliphatic rings. The molecule has 0 amide bonds. The molecule has 0 N–H and O–H groups in total. The van der Waals surface area contributed by atoms with Crippen molar-refractivity contribution in [3.63, 3.8) is 0 Å². The average Bonchev–Trinajstić information content (AvgIpc) is 2.60. The van der Waals surface area contributed by atoms with E-state index in [1.807, 2.05) is 6.92 Å². The van der Waals surface area contributed by atoms with Crippen LogP contribution in [-0.2, 0) is 9.84 Å². The highest BCUT2D eigenvalue weighted by atomic mass is 32.2. The molecule has 0 atom stereocenters. The zero-order chi connectivity index (χ0) is 18.6. The highest BCUT2D eigenvalue weighted by Crippen LogP contribution is 2.17. The summed E-state index contributed by atoms with van der Waals surface area (Å²) in [6.45, 7) is 7.27. The molecule has 2 aromatic rings. The predicted molar refractivity (Wildman–Crippen MR) is 97.8 cm³/mol. The van der Waals surface area contributed by atoms with Crippen LogP contribution in [0.2, 0.25) is 0 Å². The van der Waals surface area contributed by atoms with E-state index in [0.29, 0.717) is 17.5 Å². The van der Waals surface area contributed by atoms with Gasteiger partial charge in [-0.05, 0) is 19.1 Å². The van der Waals surface area contributed by atoms with Crippen LogP contribution in [0.3, 0.4) is 0 Å². The lowest BCUT2D eigenvalue weighted by Crippen LogP contribution is -2.15. The fourth-order valence-corrected chi connectivity index (χ4v) is 3.65. The largest absolute Gasteiger partial charge is 0.294 e. The van der Waals surface area contributed by atoms with E-state index in [9.17, 15) is 18.0 Å². The van der Waals surface area contributed by atoms with Gasteiger partial charge in [-0.1, -0.05) is 55.5 Å². The Balaban J connectivity index is 2.15. The van der Waals surface area contributed by atoms with Gasteiger partial charge in [0, 0.05) is 23.1 Å². The molecule has 5 heteroatoms. The normalized spacial score (nSPS) is 11.1. The minimum absolute atomic E-state index is 0.00450. The van der Waals surface area contributed by atoms with Gasteiger partial charge in [-0.2, -0.15) is 0 Å². The number of aryl methyl sites for hydroxylation is 1. The third-order valence-electron chi connectivity index (χ3n) is 3.86. The van der Waals surface area contributed by atoms with Crippen LogP contribution in [0.1, 0.15) is 39.6 Å². The SMILES string of the molecule is C=C(CS(=O)(=O)c1ccc(C)cc1)C(=O)c1ccc(C(=O)CC)cc1. The van der Waals surface area contributed by atoms with E-state index < -0.39 is 21.4 Å². The first-order valence-electron chi connectivity index (χ1n) is 7.89. The van der Waals surface area contributed by atoms with E-state index >= 15 is 0 Å². The number of sulfone groups is 1. The molecule has 0 aromatic heterocycles. The van der Waals surface area contributed by atoms with Gasteiger partial charge in [-0.15, -0.1) is 0 Å². The van der Waals surface area contributed by atoms with E-state index in [2.05, 4.69) is 6.58 Å². The predicted octanol–water partition coefficient (Wildman–Crippen LogP) is 3.80. The second kappa shape index (κ2) is 7.57. The van der Waals surface area contributed by atoms with E-state index in [1.54, 1.807) is 31.2 Å². The highest BCUT2D eigenvalue weighted by molar-refractivity contribution is 7.91. The summed E-state index contributed by atoms with van der Waals surface area (Å²) in [5.74, 6) is -0.893. The van der Waals surface area contributed by atoms with Crippen LogP contribution < -0.4 is 0 Å². The Morgan fingerprint density at radius 2 is 1.44 bits per heavy atom. The Labute approximate surface area is 148 Å². The van der Waals surface area contributed by atoms with Crippen LogP contribution in [0.15, 0.2) is 65.6 Å². The lowest BCUT2D eigenvalue weighted by atomic mass is 10.0. The molecular weight excluding hydrogens is 336 g/mol. The lowest BCUT2D eigenvalue weighted by Gasteiger charge is -2.08. The molecule has 0 radical (unpaired) electrons. The highest BCUT2D eigenvalue weighted by Gasteiger charge is 2.20. The van der Waals surface area contributed by atoms with Gasteiger partial charge in [0.05, 0.1) is 10.6 Å². The molecular formula is C20H20O4S. The summed E-state index contributed by atoms with van der Waals surface area (Å²) in [6, 6.07) is 12.6. The van der Waals surface area contributed by atoms with Crippen molar-refractivity contribution in [1.29, 1.82) is 0 Å². The maximum atomic E-state index is 12.4. The summed E-state index contributed by atoms with van der Waals surface area (Å²) >= 11 is 0. The maximum Gasteiger partial charge on any atom is 0.189 e. The number of hydrogen-bond donors (Lipinski definition) is 0. The molecule has 25 heavy (non-hydrogen) atoms. The van der Waals surface area contributed by atoms with Crippen LogP contribution in [-0.4, -0.2) is 25.7 Å². The van der Waals surface area contributed by atoms with Gasteiger partial charge in [0.2, 0.25) is 0 Å². The van der Waals surface area contributed by atoms with Gasteiger partial charge >= 0.3 is 0 Å². The topological polar surface area (TPSA) is 68.3 Å². The number of hydrogen-bond acceptors (Lipinski definition) is 4. The van der Waals surface area contributed by atoms with Crippen LogP contribution in [0.4, 0.5) is 0 Å². The van der Waals surface area contributed by atoms with Gasteiger partial charge in [0.1, 0.15) is 0 Å². The van der Waals surface area contributed by atoms with Gasteiger partial charge in [-0.25, -0.2) is 8.42 Å². The van der Waals surface area contributed by atoms with Crippen molar-refractivity contribution >= 4 is 21.4 Å². The number of carbonyl (C=O) groups excluding carboxylic acids is 2. The van der Waals surface area contributed by atoms with Crippen LogP contribution in [0, 0.1) is 6.92 Å². The minimum atomic E-state index is -3.63. The maximum absolute atomic E-state index is 12.4. The number of Topliss-reactive ketones (excluding diaryl/α,β-unsaturated/α-hetero) is 2. The Morgan fingerprint density at radius 3 is 1.96 bits per heavy atom. The molecule has 0 unspecified atom stereocenters.